The van der Waals surface area contributed by atoms with Gasteiger partial charge < -0.3 is 47.9 Å². The molecule has 35 heavy (non-hydrogen) atoms. The van der Waals surface area contributed by atoms with Crippen LogP contribution in [0.3, 0.4) is 0 Å². The van der Waals surface area contributed by atoms with Crippen LogP contribution in [0, 0.1) is 0 Å². The molecule has 11 nitrogen and oxygen atoms in total. The van der Waals surface area contributed by atoms with Gasteiger partial charge in [-0.15, -0.1) is 11.6 Å². The van der Waals surface area contributed by atoms with Crippen molar-refractivity contribution >= 4 is 17.7 Å². The molecular weight excluding hydrogens is 486 g/mol. The van der Waals surface area contributed by atoms with Gasteiger partial charge in [0.25, 0.3) is 0 Å². The summed E-state index contributed by atoms with van der Waals surface area (Å²) in [5.74, 6) is 0.496. The van der Waals surface area contributed by atoms with Gasteiger partial charge in [-0.3, -0.25) is 0 Å². The van der Waals surface area contributed by atoms with E-state index >= 15 is 0 Å². The van der Waals surface area contributed by atoms with Gasteiger partial charge in [0, 0.05) is 12.4 Å². The highest BCUT2D eigenvalue weighted by Crippen LogP contribution is 2.06. The molecule has 0 aromatic rings. The number of carbonyl (C=O) groups is 1. The summed E-state index contributed by atoms with van der Waals surface area (Å²) >= 11 is 5.49. The lowest BCUT2D eigenvalue weighted by molar-refractivity contribution is -0.0227. The Labute approximate surface area is 215 Å². The number of nitrogens with one attached hydrogen (secondary N) is 1. The summed E-state index contributed by atoms with van der Waals surface area (Å²) in [6.07, 6.45) is -0.449. The van der Waals surface area contributed by atoms with Crippen LogP contribution >= 0.6 is 11.6 Å². The second kappa shape index (κ2) is 26.3. The first-order valence-corrected chi connectivity index (χ1v) is 12.6. The van der Waals surface area contributed by atoms with Crippen LogP contribution < -0.4 is 5.32 Å². The van der Waals surface area contributed by atoms with Crippen LogP contribution in [-0.2, 0) is 42.6 Å². The third kappa shape index (κ3) is 31.2. The molecule has 0 atom stereocenters. The van der Waals surface area contributed by atoms with Crippen LogP contribution in [0.25, 0.3) is 0 Å². The molecule has 1 N–H and O–H groups in total. The summed E-state index contributed by atoms with van der Waals surface area (Å²) < 4.78 is 48.1. The number of carbonyl (C=O) groups excluding carboxylic acids is 1. The zero-order valence-corrected chi connectivity index (χ0v) is 22.4. The summed E-state index contributed by atoms with van der Waals surface area (Å²) in [5, 5.41) is 2.62. The number of alkyl halides is 1. The van der Waals surface area contributed by atoms with Crippen LogP contribution in [0.5, 0.6) is 0 Å². The minimum Gasteiger partial charge on any atom is -0.444 e. The Morgan fingerprint density at radius 3 is 1.11 bits per heavy atom. The van der Waals surface area contributed by atoms with E-state index in [9.17, 15) is 4.79 Å². The van der Waals surface area contributed by atoms with E-state index in [4.69, 9.17) is 54.2 Å². The fraction of sp³-hybridized carbons (Fsp3) is 0.957. The average Bonchev–Trinajstić information content (AvgIpc) is 2.80. The Kier molecular flexibility index (Phi) is 25.7. The molecule has 0 fully saturated rings. The molecule has 0 unspecified atom stereocenters. The van der Waals surface area contributed by atoms with Gasteiger partial charge in [-0.1, -0.05) is 0 Å². The molecule has 0 saturated heterocycles. The molecule has 0 aromatic heterocycles. The Bertz CT molecular complexity index is 455. The predicted octanol–water partition coefficient (Wildman–Crippen LogP) is 1.88. The molecule has 0 rings (SSSR count). The lowest BCUT2D eigenvalue weighted by Crippen LogP contribution is -2.34. The number of rotatable bonds is 26. The zero-order chi connectivity index (χ0) is 25.9. The van der Waals surface area contributed by atoms with Crippen LogP contribution in [-0.4, -0.2) is 130 Å². The summed E-state index contributed by atoms with van der Waals surface area (Å²) in [5.41, 5.74) is -0.505. The van der Waals surface area contributed by atoms with Crippen LogP contribution in [0.4, 0.5) is 4.79 Å². The highest BCUT2D eigenvalue weighted by atomic mass is 35.5. The molecule has 0 aliphatic heterocycles. The van der Waals surface area contributed by atoms with E-state index in [0.29, 0.717) is 118 Å². The lowest BCUT2D eigenvalue weighted by atomic mass is 10.2. The summed E-state index contributed by atoms with van der Waals surface area (Å²) in [6.45, 7) is 13.8. The van der Waals surface area contributed by atoms with Gasteiger partial charge in [0.05, 0.1) is 106 Å². The maximum atomic E-state index is 11.4. The van der Waals surface area contributed by atoms with Crippen molar-refractivity contribution in [3.63, 3.8) is 0 Å². The fourth-order valence-electron chi connectivity index (χ4n) is 2.24. The summed E-state index contributed by atoms with van der Waals surface area (Å²) in [4.78, 5) is 11.4. The van der Waals surface area contributed by atoms with Crippen molar-refractivity contribution in [2.45, 2.75) is 26.4 Å². The standard InChI is InChI=1S/C23H46ClNO10/c1-23(2,3)35-22(26)25-5-7-28-9-11-30-13-15-32-17-19-34-21-20-33-18-16-31-14-12-29-10-8-27-6-4-24/h4-21H2,1-3H3,(H,25,26). The van der Waals surface area contributed by atoms with E-state index in [2.05, 4.69) is 5.32 Å². The maximum Gasteiger partial charge on any atom is 0.407 e. The van der Waals surface area contributed by atoms with Crippen molar-refractivity contribution in [3.8, 4) is 0 Å². The second-order valence-electron chi connectivity index (χ2n) is 8.02. The molecule has 0 spiro atoms. The number of amides is 1. The van der Waals surface area contributed by atoms with Gasteiger partial charge >= 0.3 is 6.09 Å². The first-order valence-electron chi connectivity index (χ1n) is 12.1. The first-order chi connectivity index (χ1) is 17.0. The lowest BCUT2D eigenvalue weighted by Gasteiger charge is -2.19. The third-order valence-corrected chi connectivity index (χ3v) is 3.89. The van der Waals surface area contributed by atoms with E-state index in [1.54, 1.807) is 0 Å². The van der Waals surface area contributed by atoms with E-state index in [-0.39, 0.29) is 0 Å². The Morgan fingerprint density at radius 2 is 0.829 bits per heavy atom. The Balaban J connectivity index is 3.09. The molecular formula is C23H46ClNO10. The van der Waals surface area contributed by atoms with Crippen LogP contribution in [0.2, 0.25) is 0 Å². The molecule has 1 amide bonds. The number of alkyl carbamates (subject to hydrolysis) is 1. The second-order valence-corrected chi connectivity index (χ2v) is 8.39. The topological polar surface area (TPSA) is 112 Å². The molecule has 210 valence electrons. The van der Waals surface area contributed by atoms with Crippen molar-refractivity contribution in [2.75, 3.05) is 118 Å². The van der Waals surface area contributed by atoms with E-state index in [1.165, 1.54) is 0 Å². The van der Waals surface area contributed by atoms with Crippen molar-refractivity contribution < 1.29 is 47.4 Å². The smallest absolute Gasteiger partial charge is 0.407 e. The first kappa shape index (κ1) is 34.2. The molecule has 0 aromatic carbocycles. The fourth-order valence-corrected chi connectivity index (χ4v) is 2.34. The number of halogens is 1. The number of hydrogen-bond donors (Lipinski definition) is 1. The van der Waals surface area contributed by atoms with Gasteiger partial charge in [-0.05, 0) is 20.8 Å². The van der Waals surface area contributed by atoms with Gasteiger partial charge in [0.1, 0.15) is 5.60 Å². The third-order valence-electron chi connectivity index (χ3n) is 3.74. The molecule has 0 aliphatic rings. The Morgan fingerprint density at radius 1 is 0.543 bits per heavy atom. The van der Waals surface area contributed by atoms with Gasteiger partial charge in [-0.25, -0.2) is 4.79 Å². The quantitative estimate of drug-likeness (QED) is 0.131. The summed E-state index contributed by atoms with van der Waals surface area (Å²) in [7, 11) is 0. The molecule has 0 aliphatic carbocycles. The SMILES string of the molecule is CC(C)(C)OC(=O)NCCOCCOCCOCCOCCOCCOCCOCCOCCCl. The Hall–Kier alpha value is -0.760. The van der Waals surface area contributed by atoms with Crippen molar-refractivity contribution in [3.05, 3.63) is 0 Å². The van der Waals surface area contributed by atoms with Crippen molar-refractivity contribution in [1.29, 1.82) is 0 Å². The van der Waals surface area contributed by atoms with Gasteiger partial charge in [0.15, 0.2) is 0 Å². The van der Waals surface area contributed by atoms with Crippen LogP contribution in [0.15, 0.2) is 0 Å². The molecule has 0 radical (unpaired) electrons. The minimum atomic E-state index is -0.505. The van der Waals surface area contributed by atoms with Crippen molar-refractivity contribution in [2.24, 2.45) is 0 Å². The number of hydrogen-bond acceptors (Lipinski definition) is 10. The molecule has 0 saturated carbocycles. The largest absolute Gasteiger partial charge is 0.444 e. The minimum absolute atomic E-state index is 0.388. The average molecular weight is 532 g/mol. The zero-order valence-electron chi connectivity index (χ0n) is 21.7. The monoisotopic (exact) mass is 531 g/mol. The predicted molar refractivity (Wildman–Crippen MR) is 132 cm³/mol. The van der Waals surface area contributed by atoms with Gasteiger partial charge in [0.2, 0.25) is 0 Å². The van der Waals surface area contributed by atoms with Gasteiger partial charge in [-0.2, -0.15) is 0 Å². The van der Waals surface area contributed by atoms with E-state index < -0.39 is 11.7 Å². The molecule has 12 heteroatoms. The normalized spacial score (nSPS) is 11.7. The van der Waals surface area contributed by atoms with Crippen LogP contribution in [0.1, 0.15) is 20.8 Å². The maximum absolute atomic E-state index is 11.4. The highest BCUT2D eigenvalue weighted by molar-refractivity contribution is 6.17. The number of ether oxygens (including phenoxy) is 9. The molecule has 0 heterocycles. The highest BCUT2D eigenvalue weighted by Gasteiger charge is 2.15. The van der Waals surface area contributed by atoms with E-state index in [1.807, 2.05) is 20.8 Å². The van der Waals surface area contributed by atoms with Crippen molar-refractivity contribution in [1.82, 2.24) is 5.32 Å². The van der Waals surface area contributed by atoms with E-state index in [0.717, 1.165) is 0 Å². The molecule has 0 bridgehead atoms. The summed E-state index contributed by atoms with van der Waals surface area (Å²) in [6, 6.07) is 0.